The van der Waals surface area contributed by atoms with Crippen LogP contribution in [0.2, 0.25) is 0 Å². The molecule has 0 spiro atoms. The molecule has 1 N–H and O–H groups in total. The predicted molar refractivity (Wildman–Crippen MR) is 29.2 cm³/mol. The molecule has 2 aromatic heterocycles. The Morgan fingerprint density at radius 1 is 1.40 bits per heavy atom. The fraction of sp³-hybridized carbons (Fsp3) is 0. The standard InChI is InChI=1S/C3H2N6O/c10-3-7-6-2-5-4-1-9(2)8-3/h1H,(H,8,10). The van der Waals surface area contributed by atoms with Gasteiger partial charge in [0.2, 0.25) is 0 Å². The Balaban J connectivity index is 2.99. The average Bonchev–Trinajstić information content (AvgIpc) is 2.33. The summed E-state index contributed by atoms with van der Waals surface area (Å²) in [6.45, 7) is 0. The molecule has 10 heavy (non-hydrogen) atoms. The smallest absolute Gasteiger partial charge is 0.243 e. The van der Waals surface area contributed by atoms with E-state index in [0.717, 1.165) is 0 Å². The van der Waals surface area contributed by atoms with Crippen LogP contribution in [0.25, 0.3) is 5.78 Å². The van der Waals surface area contributed by atoms with E-state index in [1.165, 1.54) is 10.8 Å². The van der Waals surface area contributed by atoms with Gasteiger partial charge in [-0.3, -0.25) is 0 Å². The Bertz CT molecular complexity index is 400. The van der Waals surface area contributed by atoms with E-state index in [1.54, 1.807) is 0 Å². The second kappa shape index (κ2) is 1.59. The molecule has 0 saturated carbocycles. The van der Waals surface area contributed by atoms with E-state index in [-0.39, 0.29) is 5.78 Å². The summed E-state index contributed by atoms with van der Waals surface area (Å²) >= 11 is 0. The van der Waals surface area contributed by atoms with Gasteiger partial charge in [0.15, 0.2) is 0 Å². The summed E-state index contributed by atoms with van der Waals surface area (Å²) < 4.78 is 1.29. The van der Waals surface area contributed by atoms with Gasteiger partial charge in [0, 0.05) is 0 Å². The van der Waals surface area contributed by atoms with Crippen LogP contribution in [0.5, 0.6) is 0 Å². The molecule has 0 fully saturated rings. The number of nitrogens with zero attached hydrogens (tertiary/aromatic N) is 5. The SMILES string of the molecule is O=c1nnc2nncn2[nH]1. The van der Waals surface area contributed by atoms with Crippen molar-refractivity contribution in [3.05, 3.63) is 16.8 Å². The first-order valence-electron chi connectivity index (χ1n) is 2.49. The van der Waals surface area contributed by atoms with Crippen molar-refractivity contribution in [2.75, 3.05) is 0 Å². The van der Waals surface area contributed by atoms with Crippen LogP contribution in [0.1, 0.15) is 0 Å². The highest BCUT2D eigenvalue weighted by Crippen LogP contribution is 1.80. The maximum absolute atomic E-state index is 10.5. The Hall–Kier alpha value is -1.79. The van der Waals surface area contributed by atoms with Crippen molar-refractivity contribution in [2.45, 2.75) is 0 Å². The van der Waals surface area contributed by atoms with Crippen molar-refractivity contribution in [2.24, 2.45) is 0 Å². The highest BCUT2D eigenvalue weighted by molar-refractivity contribution is 5.17. The molecular weight excluding hydrogens is 136 g/mol. The average molecular weight is 138 g/mol. The Morgan fingerprint density at radius 2 is 2.30 bits per heavy atom. The summed E-state index contributed by atoms with van der Waals surface area (Å²) in [6, 6.07) is 0. The molecule has 2 aromatic rings. The van der Waals surface area contributed by atoms with Crippen molar-refractivity contribution >= 4 is 5.78 Å². The normalized spacial score (nSPS) is 10.4. The van der Waals surface area contributed by atoms with E-state index in [2.05, 4.69) is 25.5 Å². The van der Waals surface area contributed by atoms with Crippen LogP contribution in [0.3, 0.4) is 0 Å². The second-order valence-electron chi connectivity index (χ2n) is 1.62. The van der Waals surface area contributed by atoms with Crippen molar-refractivity contribution in [3.63, 3.8) is 0 Å². The first-order valence-corrected chi connectivity index (χ1v) is 2.49. The molecule has 0 saturated heterocycles. The molecule has 7 heteroatoms. The Labute approximate surface area is 53.7 Å². The van der Waals surface area contributed by atoms with Gasteiger partial charge < -0.3 is 0 Å². The summed E-state index contributed by atoms with van der Waals surface area (Å²) in [4.78, 5) is 10.5. The number of hydrogen-bond donors (Lipinski definition) is 1. The van der Waals surface area contributed by atoms with Crippen LogP contribution in [0.4, 0.5) is 0 Å². The van der Waals surface area contributed by atoms with Crippen molar-refractivity contribution in [1.29, 1.82) is 0 Å². The summed E-state index contributed by atoms with van der Waals surface area (Å²) in [5.41, 5.74) is -0.521. The molecule has 0 amide bonds. The molecule has 2 rings (SSSR count). The summed E-state index contributed by atoms with van der Waals surface area (Å²) in [5, 5.41) is 16.0. The zero-order chi connectivity index (χ0) is 6.97. The van der Waals surface area contributed by atoms with Crippen molar-refractivity contribution in [3.8, 4) is 0 Å². The highest BCUT2D eigenvalue weighted by Gasteiger charge is 1.94. The van der Waals surface area contributed by atoms with Crippen LogP contribution >= 0.6 is 0 Å². The molecule has 0 aromatic carbocycles. The lowest BCUT2D eigenvalue weighted by molar-refractivity contribution is 0.783. The number of hydrogen-bond acceptors (Lipinski definition) is 5. The van der Waals surface area contributed by atoms with Crippen molar-refractivity contribution < 1.29 is 0 Å². The monoisotopic (exact) mass is 138 g/mol. The van der Waals surface area contributed by atoms with Gasteiger partial charge in [-0.1, -0.05) is 5.10 Å². The van der Waals surface area contributed by atoms with Crippen LogP contribution < -0.4 is 5.69 Å². The van der Waals surface area contributed by atoms with Crippen LogP contribution in [-0.2, 0) is 0 Å². The van der Waals surface area contributed by atoms with Gasteiger partial charge in [0.1, 0.15) is 6.33 Å². The third-order valence-electron chi connectivity index (χ3n) is 0.976. The zero-order valence-corrected chi connectivity index (χ0v) is 4.72. The number of aromatic amines is 1. The van der Waals surface area contributed by atoms with Crippen LogP contribution in [0.15, 0.2) is 11.1 Å². The molecule has 0 aliphatic carbocycles. The van der Waals surface area contributed by atoms with E-state index in [1.807, 2.05) is 0 Å². The van der Waals surface area contributed by atoms with Crippen LogP contribution in [0, 0.1) is 0 Å². The summed E-state index contributed by atoms with van der Waals surface area (Å²) in [5.74, 6) is 0.277. The lowest BCUT2D eigenvalue weighted by atomic mass is 11.1. The maximum atomic E-state index is 10.5. The van der Waals surface area contributed by atoms with Gasteiger partial charge in [-0.25, -0.2) is 14.4 Å². The summed E-state index contributed by atoms with van der Waals surface area (Å²) in [7, 11) is 0. The third kappa shape index (κ3) is 0.569. The minimum atomic E-state index is -0.521. The van der Waals surface area contributed by atoms with Gasteiger partial charge in [-0.05, 0) is 0 Å². The zero-order valence-electron chi connectivity index (χ0n) is 4.72. The molecule has 50 valence electrons. The number of fused-ring (bicyclic) bond motifs is 1. The fourth-order valence-electron chi connectivity index (χ4n) is 0.592. The predicted octanol–water partition coefficient (Wildman–Crippen LogP) is -1.79. The van der Waals surface area contributed by atoms with Gasteiger partial charge in [0.25, 0.3) is 5.78 Å². The lowest BCUT2D eigenvalue weighted by Crippen LogP contribution is -2.15. The first kappa shape index (κ1) is 5.03. The highest BCUT2D eigenvalue weighted by atomic mass is 16.1. The summed E-state index contributed by atoms with van der Waals surface area (Å²) in [6.07, 6.45) is 1.34. The molecule has 0 unspecified atom stereocenters. The van der Waals surface area contributed by atoms with Gasteiger partial charge >= 0.3 is 5.69 Å². The van der Waals surface area contributed by atoms with E-state index in [0.29, 0.717) is 0 Å². The number of H-pyrrole nitrogens is 1. The Kier molecular flexibility index (Phi) is 0.802. The minimum absolute atomic E-state index is 0.277. The first-order chi connectivity index (χ1) is 4.86. The third-order valence-corrected chi connectivity index (χ3v) is 0.976. The fourth-order valence-corrected chi connectivity index (χ4v) is 0.592. The molecule has 2 heterocycles. The van der Waals surface area contributed by atoms with Crippen molar-refractivity contribution in [1.82, 2.24) is 30.0 Å². The lowest BCUT2D eigenvalue weighted by Gasteiger charge is -1.83. The molecular formula is C3H2N6O. The van der Waals surface area contributed by atoms with Gasteiger partial charge in [0.05, 0.1) is 0 Å². The molecule has 0 radical (unpaired) electrons. The van der Waals surface area contributed by atoms with E-state index in [4.69, 9.17) is 0 Å². The van der Waals surface area contributed by atoms with Crippen LogP contribution in [-0.4, -0.2) is 30.0 Å². The Morgan fingerprint density at radius 3 is 3.20 bits per heavy atom. The van der Waals surface area contributed by atoms with E-state index >= 15 is 0 Å². The molecule has 0 aliphatic heterocycles. The van der Waals surface area contributed by atoms with Gasteiger partial charge in [-0.15, -0.1) is 15.3 Å². The quantitative estimate of drug-likeness (QED) is 0.464. The van der Waals surface area contributed by atoms with Gasteiger partial charge in [-0.2, -0.15) is 0 Å². The molecule has 0 aliphatic rings. The minimum Gasteiger partial charge on any atom is -0.243 e. The molecule has 0 bridgehead atoms. The number of nitrogens with one attached hydrogen (secondary N) is 1. The number of rotatable bonds is 0. The second-order valence-corrected chi connectivity index (χ2v) is 1.62. The topological polar surface area (TPSA) is 88.8 Å². The number of aromatic nitrogens is 6. The molecule has 0 atom stereocenters. The molecule has 7 nitrogen and oxygen atoms in total. The largest absolute Gasteiger partial charge is 0.378 e. The van der Waals surface area contributed by atoms with E-state index in [9.17, 15) is 4.79 Å². The maximum Gasteiger partial charge on any atom is 0.378 e. The van der Waals surface area contributed by atoms with E-state index < -0.39 is 5.69 Å².